The van der Waals surface area contributed by atoms with Crippen LogP contribution in [0.25, 0.3) is 0 Å². The molecule has 0 heterocycles. The number of nitrogens with one attached hydrogen (secondary N) is 2. The standard InChI is InChI=1S/C28H32N2O2/c31-26-16-14-22-18-25(15-13-23(22)19-26)30-20-24-11-4-5-12-27(24)28(32)29-17-7-6-10-21-8-2-1-3-9-21/h1-5,8-9,11-12,14,16,19,25,30-31H,6-7,10,13,15,17-18,20H2,(H,29,32). The van der Waals surface area contributed by atoms with Gasteiger partial charge >= 0.3 is 0 Å². The summed E-state index contributed by atoms with van der Waals surface area (Å²) < 4.78 is 0. The summed E-state index contributed by atoms with van der Waals surface area (Å²) in [5.74, 6) is 0.349. The van der Waals surface area contributed by atoms with Crippen molar-refractivity contribution in [2.45, 2.75) is 51.1 Å². The predicted molar refractivity (Wildman–Crippen MR) is 129 cm³/mol. The van der Waals surface area contributed by atoms with E-state index in [0.29, 0.717) is 24.9 Å². The second-order valence-corrected chi connectivity index (χ2v) is 8.63. The van der Waals surface area contributed by atoms with Crippen LogP contribution in [0.1, 0.15) is 51.9 Å². The van der Waals surface area contributed by atoms with Crippen molar-refractivity contribution >= 4 is 5.91 Å². The smallest absolute Gasteiger partial charge is 0.251 e. The minimum atomic E-state index is 0.00609. The molecule has 0 radical (unpaired) electrons. The van der Waals surface area contributed by atoms with Crippen molar-refractivity contribution in [3.63, 3.8) is 0 Å². The number of carbonyl (C=O) groups excluding carboxylic acids is 1. The number of fused-ring (bicyclic) bond motifs is 1. The molecule has 3 N–H and O–H groups in total. The van der Waals surface area contributed by atoms with Crippen LogP contribution in [0.5, 0.6) is 5.75 Å². The molecule has 0 spiro atoms. The summed E-state index contributed by atoms with van der Waals surface area (Å²) in [6.45, 7) is 1.37. The lowest BCUT2D eigenvalue weighted by Gasteiger charge is -2.26. The third kappa shape index (κ3) is 5.98. The van der Waals surface area contributed by atoms with Gasteiger partial charge in [0.1, 0.15) is 5.75 Å². The molecule has 1 atom stereocenters. The summed E-state index contributed by atoms with van der Waals surface area (Å²) in [6, 6.07) is 24.4. The van der Waals surface area contributed by atoms with Gasteiger partial charge in [0.05, 0.1) is 0 Å². The number of hydrogen-bond acceptors (Lipinski definition) is 3. The maximum Gasteiger partial charge on any atom is 0.251 e. The summed E-state index contributed by atoms with van der Waals surface area (Å²) in [6.07, 6.45) is 6.03. The third-order valence-electron chi connectivity index (χ3n) is 6.28. The van der Waals surface area contributed by atoms with Crippen LogP contribution in [0.4, 0.5) is 0 Å². The fourth-order valence-electron chi connectivity index (χ4n) is 4.46. The number of rotatable bonds is 9. The van der Waals surface area contributed by atoms with Gasteiger partial charge in [0, 0.05) is 24.7 Å². The predicted octanol–water partition coefficient (Wildman–Crippen LogP) is 4.79. The average Bonchev–Trinajstić information content (AvgIpc) is 2.83. The molecule has 4 rings (SSSR count). The van der Waals surface area contributed by atoms with E-state index in [1.807, 2.05) is 42.5 Å². The number of phenols is 1. The Bertz CT molecular complexity index is 1030. The summed E-state index contributed by atoms with van der Waals surface area (Å²) in [7, 11) is 0. The highest BCUT2D eigenvalue weighted by molar-refractivity contribution is 5.95. The second kappa shape index (κ2) is 11.0. The van der Waals surface area contributed by atoms with Gasteiger partial charge in [-0.15, -0.1) is 0 Å². The highest BCUT2D eigenvalue weighted by Gasteiger charge is 2.19. The zero-order valence-corrected chi connectivity index (χ0v) is 18.5. The Balaban J connectivity index is 1.25. The van der Waals surface area contributed by atoms with Gasteiger partial charge in [0.2, 0.25) is 0 Å². The molecule has 166 valence electrons. The van der Waals surface area contributed by atoms with E-state index in [2.05, 4.69) is 34.9 Å². The van der Waals surface area contributed by atoms with E-state index in [4.69, 9.17) is 0 Å². The average molecular weight is 429 g/mol. The molecule has 3 aromatic carbocycles. The van der Waals surface area contributed by atoms with Crippen molar-refractivity contribution in [2.75, 3.05) is 6.54 Å². The highest BCUT2D eigenvalue weighted by atomic mass is 16.3. The van der Waals surface area contributed by atoms with Crippen molar-refractivity contribution in [3.05, 3.63) is 101 Å². The monoisotopic (exact) mass is 428 g/mol. The molecule has 3 aromatic rings. The van der Waals surface area contributed by atoms with Crippen LogP contribution < -0.4 is 10.6 Å². The first-order chi connectivity index (χ1) is 15.7. The Hall–Kier alpha value is -3.11. The molecule has 4 heteroatoms. The number of unbranched alkanes of at least 4 members (excludes halogenated alkanes) is 1. The number of phenolic OH excluding ortho intramolecular Hbond substituents is 1. The van der Waals surface area contributed by atoms with E-state index >= 15 is 0 Å². The number of amides is 1. The van der Waals surface area contributed by atoms with Gasteiger partial charge in [-0.2, -0.15) is 0 Å². The van der Waals surface area contributed by atoms with Crippen molar-refractivity contribution in [1.29, 1.82) is 0 Å². The summed E-state index contributed by atoms with van der Waals surface area (Å²) >= 11 is 0. The Kier molecular flexibility index (Phi) is 7.57. The quantitative estimate of drug-likeness (QED) is 0.429. The Morgan fingerprint density at radius 3 is 2.62 bits per heavy atom. The SMILES string of the molecule is O=C(NCCCCc1ccccc1)c1ccccc1CNC1CCc2cc(O)ccc2C1. The fraction of sp³-hybridized carbons (Fsp3) is 0.321. The fourth-order valence-corrected chi connectivity index (χ4v) is 4.46. The van der Waals surface area contributed by atoms with E-state index < -0.39 is 0 Å². The molecular weight excluding hydrogens is 396 g/mol. The molecule has 0 fully saturated rings. The molecule has 0 bridgehead atoms. The van der Waals surface area contributed by atoms with Crippen LogP contribution >= 0.6 is 0 Å². The summed E-state index contributed by atoms with van der Waals surface area (Å²) in [5, 5.41) is 16.4. The van der Waals surface area contributed by atoms with E-state index in [9.17, 15) is 9.90 Å². The lowest BCUT2D eigenvalue weighted by molar-refractivity contribution is 0.0952. The largest absolute Gasteiger partial charge is 0.508 e. The molecule has 1 amide bonds. The molecule has 0 aromatic heterocycles. The van der Waals surface area contributed by atoms with Gasteiger partial charge in [-0.25, -0.2) is 0 Å². The van der Waals surface area contributed by atoms with Gasteiger partial charge in [0.25, 0.3) is 5.91 Å². The van der Waals surface area contributed by atoms with E-state index in [1.54, 1.807) is 6.07 Å². The molecule has 0 saturated carbocycles. The maximum atomic E-state index is 12.8. The van der Waals surface area contributed by atoms with Gasteiger partial charge < -0.3 is 15.7 Å². The summed E-state index contributed by atoms with van der Waals surface area (Å²) in [5.41, 5.74) is 5.68. The molecule has 32 heavy (non-hydrogen) atoms. The Morgan fingerprint density at radius 2 is 1.75 bits per heavy atom. The highest BCUT2D eigenvalue weighted by Crippen LogP contribution is 2.25. The van der Waals surface area contributed by atoms with Gasteiger partial charge in [-0.1, -0.05) is 54.6 Å². The second-order valence-electron chi connectivity index (χ2n) is 8.63. The van der Waals surface area contributed by atoms with Crippen LogP contribution in [-0.2, 0) is 25.8 Å². The van der Waals surface area contributed by atoms with Gasteiger partial charge in [-0.3, -0.25) is 4.79 Å². The first-order valence-electron chi connectivity index (χ1n) is 11.6. The summed E-state index contributed by atoms with van der Waals surface area (Å²) in [4.78, 5) is 12.8. The molecule has 0 aliphatic heterocycles. The molecular formula is C28H32N2O2. The van der Waals surface area contributed by atoms with Crippen LogP contribution in [0.15, 0.2) is 72.8 Å². The normalized spacial score (nSPS) is 15.2. The first-order valence-corrected chi connectivity index (χ1v) is 11.6. The first kappa shape index (κ1) is 22.1. The van der Waals surface area contributed by atoms with Crippen molar-refractivity contribution in [1.82, 2.24) is 10.6 Å². The van der Waals surface area contributed by atoms with Crippen LogP contribution in [0.2, 0.25) is 0 Å². The molecule has 1 aliphatic rings. The van der Waals surface area contributed by atoms with Crippen molar-refractivity contribution in [3.8, 4) is 5.75 Å². The van der Waals surface area contributed by atoms with Gasteiger partial charge in [0.15, 0.2) is 0 Å². The lowest BCUT2D eigenvalue weighted by atomic mass is 9.88. The zero-order chi connectivity index (χ0) is 22.2. The minimum absolute atomic E-state index is 0.00609. The minimum Gasteiger partial charge on any atom is -0.508 e. The molecule has 0 saturated heterocycles. The number of benzene rings is 3. The van der Waals surface area contributed by atoms with E-state index in [1.165, 1.54) is 16.7 Å². The van der Waals surface area contributed by atoms with Crippen molar-refractivity contribution < 1.29 is 9.90 Å². The van der Waals surface area contributed by atoms with E-state index in [-0.39, 0.29) is 5.91 Å². The Labute approximate surface area is 190 Å². The number of aryl methyl sites for hydroxylation is 2. The number of aromatic hydroxyl groups is 1. The van der Waals surface area contributed by atoms with Gasteiger partial charge in [-0.05, 0) is 79.0 Å². The van der Waals surface area contributed by atoms with Crippen molar-refractivity contribution in [2.24, 2.45) is 0 Å². The number of carbonyl (C=O) groups is 1. The molecule has 1 aliphatic carbocycles. The number of hydrogen-bond donors (Lipinski definition) is 3. The topological polar surface area (TPSA) is 61.4 Å². The van der Waals surface area contributed by atoms with Crippen LogP contribution in [0, 0.1) is 0 Å². The lowest BCUT2D eigenvalue weighted by Crippen LogP contribution is -2.35. The zero-order valence-electron chi connectivity index (χ0n) is 18.5. The van der Waals surface area contributed by atoms with Crippen LogP contribution in [0.3, 0.4) is 0 Å². The van der Waals surface area contributed by atoms with Crippen LogP contribution in [-0.4, -0.2) is 23.6 Å². The molecule has 4 nitrogen and oxygen atoms in total. The molecule has 1 unspecified atom stereocenters. The Morgan fingerprint density at radius 1 is 0.938 bits per heavy atom. The van der Waals surface area contributed by atoms with E-state index in [0.717, 1.165) is 49.7 Å². The third-order valence-corrected chi connectivity index (χ3v) is 6.28. The maximum absolute atomic E-state index is 12.8.